The maximum atomic E-state index is 12.1. The average molecular weight is 783 g/mol. The first-order valence-corrected chi connectivity index (χ1v) is 25.6. The summed E-state index contributed by atoms with van der Waals surface area (Å²) in [7, 11) is -7.90. The zero-order valence-corrected chi connectivity index (χ0v) is 36.3. The smallest absolute Gasteiger partial charge is 0.302 e. The number of phosphoric ester groups is 2. The molecule has 0 fully saturated rings. The van der Waals surface area contributed by atoms with Gasteiger partial charge in [0.2, 0.25) is 0 Å². The Balaban J connectivity index is 3.40. The molecule has 0 saturated heterocycles. The third kappa shape index (κ3) is 43.0. The van der Waals surface area contributed by atoms with Gasteiger partial charge in [-0.25, -0.2) is 9.13 Å². The molecule has 0 spiro atoms. The van der Waals surface area contributed by atoms with Crippen LogP contribution in [0.4, 0.5) is 0 Å². The molecule has 0 aliphatic heterocycles. The molecule has 2 unspecified atom stereocenters. The van der Waals surface area contributed by atoms with E-state index in [0.29, 0.717) is 0 Å². The standard InChI is InChI=1S/C42H88O8P2/c1-3-5-7-9-11-13-15-17-19-21-23-27-31-35-39-47-51(43,44)49-41-37-33-29-25-26-30-34-38-42-50-52(45,46)48-40-36-32-28-24-22-20-18-16-14-12-10-8-6-4-2/h3-42H2,1-2H3,(H,43,44)(H,45,46). The molecule has 0 aromatic heterocycles. The van der Waals surface area contributed by atoms with Gasteiger partial charge in [-0.15, -0.1) is 0 Å². The highest BCUT2D eigenvalue weighted by Crippen LogP contribution is 2.44. The Kier molecular flexibility index (Phi) is 41.0. The summed E-state index contributed by atoms with van der Waals surface area (Å²) in [6.45, 7) is 5.57. The van der Waals surface area contributed by atoms with Crippen molar-refractivity contribution < 1.29 is 37.0 Å². The lowest BCUT2D eigenvalue weighted by Gasteiger charge is -2.12. The zero-order chi connectivity index (χ0) is 38.1. The summed E-state index contributed by atoms with van der Waals surface area (Å²) in [6.07, 6.45) is 43.3. The Labute approximate surface area is 323 Å². The molecule has 314 valence electrons. The topological polar surface area (TPSA) is 112 Å². The Morgan fingerprint density at radius 2 is 0.404 bits per heavy atom. The highest BCUT2D eigenvalue weighted by atomic mass is 31.2. The largest absolute Gasteiger partial charge is 0.472 e. The monoisotopic (exact) mass is 783 g/mol. The minimum Gasteiger partial charge on any atom is -0.302 e. The molecule has 0 aromatic rings. The number of rotatable bonds is 45. The maximum absolute atomic E-state index is 12.1. The maximum Gasteiger partial charge on any atom is 0.472 e. The van der Waals surface area contributed by atoms with Crippen LogP contribution in [0.2, 0.25) is 0 Å². The minimum absolute atomic E-state index is 0.243. The van der Waals surface area contributed by atoms with E-state index in [1.165, 1.54) is 141 Å². The van der Waals surface area contributed by atoms with Gasteiger partial charge < -0.3 is 9.79 Å². The molecule has 0 heterocycles. The Hall–Kier alpha value is 0.220. The van der Waals surface area contributed by atoms with Crippen LogP contribution in [0.1, 0.15) is 245 Å². The summed E-state index contributed by atoms with van der Waals surface area (Å²) in [5, 5.41) is 0. The SMILES string of the molecule is CCCCCCCCCCCCCCCCOP(=O)(O)OCCCCCCCCCCOP(=O)(O)OCCCCCCCCCCCCCCCC. The van der Waals surface area contributed by atoms with Crippen LogP contribution in [0.5, 0.6) is 0 Å². The van der Waals surface area contributed by atoms with Crippen molar-refractivity contribution in [3.05, 3.63) is 0 Å². The van der Waals surface area contributed by atoms with E-state index in [2.05, 4.69) is 13.8 Å². The van der Waals surface area contributed by atoms with Crippen molar-refractivity contribution in [1.29, 1.82) is 0 Å². The van der Waals surface area contributed by atoms with Gasteiger partial charge in [0, 0.05) is 0 Å². The van der Waals surface area contributed by atoms with E-state index < -0.39 is 15.6 Å². The second-order valence-electron chi connectivity index (χ2n) is 15.3. The number of hydrogen-bond donors (Lipinski definition) is 2. The molecule has 2 N–H and O–H groups in total. The molecule has 10 heteroatoms. The fraction of sp³-hybridized carbons (Fsp3) is 1.00. The summed E-state index contributed by atoms with van der Waals surface area (Å²) < 4.78 is 44.8. The van der Waals surface area contributed by atoms with Gasteiger partial charge in [-0.05, 0) is 25.7 Å². The van der Waals surface area contributed by atoms with E-state index in [-0.39, 0.29) is 26.4 Å². The summed E-state index contributed by atoms with van der Waals surface area (Å²) in [6, 6.07) is 0. The van der Waals surface area contributed by atoms with Crippen LogP contribution in [0.25, 0.3) is 0 Å². The summed E-state index contributed by atoms with van der Waals surface area (Å²) in [4.78, 5) is 19.8. The van der Waals surface area contributed by atoms with Crippen molar-refractivity contribution in [2.75, 3.05) is 26.4 Å². The lowest BCUT2D eigenvalue weighted by atomic mass is 10.0. The first-order valence-electron chi connectivity index (χ1n) is 22.6. The number of hydrogen-bond acceptors (Lipinski definition) is 6. The first kappa shape index (κ1) is 52.2. The van der Waals surface area contributed by atoms with Gasteiger partial charge in [-0.2, -0.15) is 0 Å². The van der Waals surface area contributed by atoms with Gasteiger partial charge in [0.05, 0.1) is 26.4 Å². The van der Waals surface area contributed by atoms with Crippen LogP contribution in [0.15, 0.2) is 0 Å². The van der Waals surface area contributed by atoms with E-state index in [9.17, 15) is 18.9 Å². The predicted octanol–water partition coefficient (Wildman–Crippen LogP) is 15.3. The second-order valence-corrected chi connectivity index (χ2v) is 18.2. The van der Waals surface area contributed by atoms with E-state index in [4.69, 9.17) is 18.1 Å². The molecule has 0 aliphatic carbocycles. The molecule has 0 amide bonds. The highest BCUT2D eigenvalue weighted by molar-refractivity contribution is 7.47. The third-order valence-corrected chi connectivity index (χ3v) is 12.1. The molecule has 0 radical (unpaired) electrons. The lowest BCUT2D eigenvalue weighted by molar-refractivity contribution is 0.143. The molecule has 0 rings (SSSR count). The Bertz CT molecular complexity index is 736. The summed E-state index contributed by atoms with van der Waals surface area (Å²) >= 11 is 0. The van der Waals surface area contributed by atoms with Crippen molar-refractivity contribution in [2.45, 2.75) is 245 Å². The van der Waals surface area contributed by atoms with Gasteiger partial charge >= 0.3 is 15.6 Å². The predicted molar refractivity (Wildman–Crippen MR) is 221 cm³/mol. The van der Waals surface area contributed by atoms with Crippen LogP contribution >= 0.6 is 15.6 Å². The van der Waals surface area contributed by atoms with Crippen LogP contribution in [0, 0.1) is 0 Å². The van der Waals surface area contributed by atoms with Crippen LogP contribution < -0.4 is 0 Å². The normalized spacial score (nSPS) is 14.2. The quantitative estimate of drug-likeness (QED) is 0.0464. The number of unbranched alkanes of at least 4 members (excludes halogenated alkanes) is 33. The first-order chi connectivity index (χ1) is 25.3. The second kappa shape index (κ2) is 40.9. The fourth-order valence-electron chi connectivity index (χ4n) is 6.65. The van der Waals surface area contributed by atoms with Crippen molar-refractivity contribution >= 4 is 15.6 Å². The zero-order valence-electron chi connectivity index (χ0n) is 34.5. The van der Waals surface area contributed by atoms with Crippen molar-refractivity contribution in [3.63, 3.8) is 0 Å². The Morgan fingerprint density at radius 3 is 0.558 bits per heavy atom. The molecule has 0 bridgehead atoms. The van der Waals surface area contributed by atoms with Crippen LogP contribution in [-0.2, 0) is 27.2 Å². The molecule has 0 saturated carbocycles. The molecule has 8 nitrogen and oxygen atoms in total. The summed E-state index contributed by atoms with van der Waals surface area (Å²) in [5.41, 5.74) is 0. The molecule has 0 aromatic carbocycles. The average Bonchev–Trinajstić information content (AvgIpc) is 3.12. The molecule has 0 aliphatic rings. The van der Waals surface area contributed by atoms with E-state index in [0.717, 1.165) is 89.9 Å². The van der Waals surface area contributed by atoms with Gasteiger partial charge in [0.1, 0.15) is 0 Å². The third-order valence-electron chi connectivity index (χ3n) is 10.1. The minimum atomic E-state index is -3.95. The summed E-state index contributed by atoms with van der Waals surface area (Å²) in [5.74, 6) is 0. The van der Waals surface area contributed by atoms with Crippen molar-refractivity contribution in [3.8, 4) is 0 Å². The van der Waals surface area contributed by atoms with Crippen LogP contribution in [0.3, 0.4) is 0 Å². The van der Waals surface area contributed by atoms with Gasteiger partial charge in [-0.3, -0.25) is 18.1 Å². The molecular weight excluding hydrogens is 694 g/mol. The fourth-order valence-corrected chi connectivity index (χ4v) is 8.24. The van der Waals surface area contributed by atoms with Gasteiger partial charge in [0.15, 0.2) is 0 Å². The van der Waals surface area contributed by atoms with E-state index in [1.54, 1.807) is 0 Å². The van der Waals surface area contributed by atoms with E-state index in [1.807, 2.05) is 0 Å². The van der Waals surface area contributed by atoms with Crippen molar-refractivity contribution in [1.82, 2.24) is 0 Å². The van der Waals surface area contributed by atoms with Crippen molar-refractivity contribution in [2.24, 2.45) is 0 Å². The number of phosphoric acid groups is 2. The van der Waals surface area contributed by atoms with Crippen LogP contribution in [-0.4, -0.2) is 36.2 Å². The highest BCUT2D eigenvalue weighted by Gasteiger charge is 2.21. The molecular formula is C42H88O8P2. The van der Waals surface area contributed by atoms with E-state index >= 15 is 0 Å². The molecule has 2 atom stereocenters. The lowest BCUT2D eigenvalue weighted by Crippen LogP contribution is -1.99. The van der Waals surface area contributed by atoms with Gasteiger partial charge in [0.25, 0.3) is 0 Å². The molecule has 52 heavy (non-hydrogen) atoms. The van der Waals surface area contributed by atoms with Gasteiger partial charge in [-0.1, -0.05) is 219 Å². The Morgan fingerprint density at radius 1 is 0.269 bits per heavy atom.